The fourth-order valence-corrected chi connectivity index (χ4v) is 4.45. The van der Waals surface area contributed by atoms with Gasteiger partial charge in [0.05, 0.1) is 22.2 Å². The zero-order valence-corrected chi connectivity index (χ0v) is 17.4. The number of hydrogen-bond acceptors (Lipinski definition) is 7. The molecule has 11 heteroatoms. The van der Waals surface area contributed by atoms with Gasteiger partial charge in [-0.05, 0) is 43.5 Å². The van der Waals surface area contributed by atoms with Crippen molar-refractivity contribution in [1.29, 1.82) is 0 Å². The van der Waals surface area contributed by atoms with Gasteiger partial charge in [0, 0.05) is 19.8 Å². The molecule has 1 atom stereocenters. The maximum Gasteiger partial charge on any atom is 0.408 e. The standard InChI is InChI=1S/C19H22N6O4S/c1-23(16-5-3-4-10-24(16)19(26)27)17-15-11-22-25(18(15)21-12-20-17)13-6-8-14(9-7-13)30(2,28)29/h6-9,11-12,16H,3-5,10H2,1-2H3,(H,26,27). The zero-order valence-electron chi connectivity index (χ0n) is 16.6. The van der Waals surface area contributed by atoms with Crippen LogP contribution in [-0.4, -0.2) is 70.3 Å². The molecule has 1 unspecified atom stereocenters. The number of nitrogens with zero attached hydrogens (tertiary/aromatic N) is 6. The fraction of sp³-hybridized carbons (Fsp3) is 0.368. The molecule has 3 aromatic rings. The number of benzene rings is 1. The third-order valence-corrected chi connectivity index (χ3v) is 6.48. The van der Waals surface area contributed by atoms with Gasteiger partial charge in [-0.3, -0.25) is 4.90 Å². The van der Waals surface area contributed by atoms with Crippen molar-refractivity contribution in [3.8, 4) is 5.69 Å². The van der Waals surface area contributed by atoms with Crippen LogP contribution in [0.25, 0.3) is 16.7 Å². The number of aromatic nitrogens is 4. The molecule has 3 heterocycles. The summed E-state index contributed by atoms with van der Waals surface area (Å²) in [5, 5.41) is 14.6. The van der Waals surface area contributed by atoms with Crippen LogP contribution in [0.15, 0.2) is 41.7 Å². The predicted molar refractivity (Wildman–Crippen MR) is 111 cm³/mol. The SMILES string of the molecule is CN(c1ncnc2c1cnn2-c1ccc(S(C)(=O)=O)cc1)C1CCCCN1C(=O)O. The number of amides is 1. The number of piperidine rings is 1. The van der Waals surface area contributed by atoms with E-state index in [4.69, 9.17) is 0 Å². The highest BCUT2D eigenvalue weighted by Crippen LogP contribution is 2.29. The molecule has 1 fully saturated rings. The van der Waals surface area contributed by atoms with E-state index in [0.29, 0.717) is 29.1 Å². The second-order valence-corrected chi connectivity index (χ2v) is 9.34. The Morgan fingerprint density at radius 1 is 1.20 bits per heavy atom. The fourth-order valence-electron chi connectivity index (χ4n) is 3.82. The van der Waals surface area contributed by atoms with Crippen molar-refractivity contribution in [2.45, 2.75) is 30.3 Å². The second-order valence-electron chi connectivity index (χ2n) is 7.32. The highest BCUT2D eigenvalue weighted by atomic mass is 32.2. The van der Waals surface area contributed by atoms with E-state index < -0.39 is 15.9 Å². The lowest BCUT2D eigenvalue weighted by atomic mass is 10.1. The summed E-state index contributed by atoms with van der Waals surface area (Å²) in [6.45, 7) is 0.491. The van der Waals surface area contributed by atoms with Crippen molar-refractivity contribution in [1.82, 2.24) is 24.6 Å². The summed E-state index contributed by atoms with van der Waals surface area (Å²) in [6.07, 6.45) is 5.47. The van der Waals surface area contributed by atoms with E-state index in [0.717, 1.165) is 25.5 Å². The van der Waals surface area contributed by atoms with Crippen LogP contribution in [0.1, 0.15) is 19.3 Å². The molecular weight excluding hydrogens is 408 g/mol. The minimum atomic E-state index is -3.29. The third kappa shape index (κ3) is 3.56. The Morgan fingerprint density at radius 2 is 1.93 bits per heavy atom. The van der Waals surface area contributed by atoms with Crippen LogP contribution in [0.2, 0.25) is 0 Å². The summed E-state index contributed by atoms with van der Waals surface area (Å²) < 4.78 is 25.0. The van der Waals surface area contributed by atoms with E-state index in [1.807, 2.05) is 11.9 Å². The van der Waals surface area contributed by atoms with Crippen LogP contribution in [0, 0.1) is 0 Å². The van der Waals surface area contributed by atoms with Gasteiger partial charge in [-0.1, -0.05) is 0 Å². The number of sulfone groups is 1. The Bertz CT molecular complexity index is 1190. The van der Waals surface area contributed by atoms with Gasteiger partial charge in [0.25, 0.3) is 0 Å². The van der Waals surface area contributed by atoms with E-state index in [9.17, 15) is 18.3 Å². The molecule has 2 aromatic heterocycles. The molecule has 1 aliphatic heterocycles. The third-order valence-electron chi connectivity index (χ3n) is 5.35. The smallest absolute Gasteiger partial charge is 0.408 e. The van der Waals surface area contributed by atoms with Crippen LogP contribution in [-0.2, 0) is 9.84 Å². The summed E-state index contributed by atoms with van der Waals surface area (Å²) >= 11 is 0. The lowest BCUT2D eigenvalue weighted by Gasteiger charge is -2.39. The zero-order chi connectivity index (χ0) is 21.5. The molecule has 1 amide bonds. The summed E-state index contributed by atoms with van der Waals surface area (Å²) in [6, 6.07) is 6.39. The first-order valence-electron chi connectivity index (χ1n) is 9.49. The predicted octanol–water partition coefficient (Wildman–Crippen LogP) is 2.15. The number of anilines is 1. The molecule has 1 saturated heterocycles. The molecule has 0 saturated carbocycles. The number of carboxylic acid groups (broad SMARTS) is 1. The number of rotatable bonds is 4. The molecule has 0 radical (unpaired) electrons. The van der Waals surface area contributed by atoms with Gasteiger partial charge in [0.15, 0.2) is 15.5 Å². The van der Waals surface area contributed by atoms with Crippen molar-refractivity contribution in [3.05, 3.63) is 36.8 Å². The maximum absolute atomic E-state index is 11.7. The van der Waals surface area contributed by atoms with E-state index in [1.54, 1.807) is 23.0 Å². The van der Waals surface area contributed by atoms with Crippen LogP contribution in [0.5, 0.6) is 0 Å². The normalized spacial score (nSPS) is 17.3. The van der Waals surface area contributed by atoms with Crippen molar-refractivity contribution in [3.63, 3.8) is 0 Å². The largest absolute Gasteiger partial charge is 0.465 e. The monoisotopic (exact) mass is 430 g/mol. The summed E-state index contributed by atoms with van der Waals surface area (Å²) in [4.78, 5) is 23.9. The van der Waals surface area contributed by atoms with Gasteiger partial charge in [0.2, 0.25) is 0 Å². The van der Waals surface area contributed by atoms with Gasteiger partial charge in [-0.25, -0.2) is 27.9 Å². The number of hydrogen-bond donors (Lipinski definition) is 1. The first-order valence-corrected chi connectivity index (χ1v) is 11.4. The van der Waals surface area contributed by atoms with Crippen LogP contribution >= 0.6 is 0 Å². The Hall–Kier alpha value is -3.21. The molecular formula is C19H22N6O4S. The minimum Gasteiger partial charge on any atom is -0.465 e. The average molecular weight is 430 g/mol. The Labute approximate surface area is 173 Å². The lowest BCUT2D eigenvalue weighted by Crippen LogP contribution is -2.52. The van der Waals surface area contributed by atoms with Crippen LogP contribution in [0.3, 0.4) is 0 Å². The van der Waals surface area contributed by atoms with Gasteiger partial charge < -0.3 is 10.0 Å². The Morgan fingerprint density at radius 3 is 2.60 bits per heavy atom. The van der Waals surface area contributed by atoms with Crippen molar-refractivity contribution >= 4 is 32.8 Å². The Kier molecular flexibility index (Phi) is 5.06. The molecule has 1 aliphatic rings. The second kappa shape index (κ2) is 7.56. The number of fused-ring (bicyclic) bond motifs is 1. The van der Waals surface area contributed by atoms with Gasteiger partial charge >= 0.3 is 6.09 Å². The van der Waals surface area contributed by atoms with Crippen molar-refractivity contribution in [2.75, 3.05) is 24.7 Å². The van der Waals surface area contributed by atoms with Gasteiger partial charge in [-0.2, -0.15) is 5.10 Å². The molecule has 0 spiro atoms. The molecule has 0 aliphatic carbocycles. The first kappa shape index (κ1) is 20.1. The van der Waals surface area contributed by atoms with Crippen LogP contribution in [0.4, 0.5) is 10.6 Å². The number of carbonyl (C=O) groups is 1. The van der Waals surface area contributed by atoms with E-state index in [2.05, 4.69) is 15.1 Å². The lowest BCUT2D eigenvalue weighted by molar-refractivity contribution is 0.106. The highest BCUT2D eigenvalue weighted by Gasteiger charge is 2.31. The van der Waals surface area contributed by atoms with Gasteiger partial charge in [0.1, 0.15) is 18.3 Å². The van der Waals surface area contributed by atoms with E-state index >= 15 is 0 Å². The van der Waals surface area contributed by atoms with E-state index in [1.165, 1.54) is 23.4 Å². The summed E-state index contributed by atoms with van der Waals surface area (Å²) in [5.74, 6) is 0.595. The van der Waals surface area contributed by atoms with Crippen molar-refractivity contribution < 1.29 is 18.3 Å². The minimum absolute atomic E-state index is 0.226. The van der Waals surface area contributed by atoms with E-state index in [-0.39, 0.29) is 11.1 Å². The molecule has 30 heavy (non-hydrogen) atoms. The first-order chi connectivity index (χ1) is 14.3. The Balaban J connectivity index is 1.72. The average Bonchev–Trinajstić information content (AvgIpc) is 3.17. The number of likely N-dealkylation sites (tertiary alicyclic amines) is 1. The maximum atomic E-state index is 11.7. The quantitative estimate of drug-likeness (QED) is 0.668. The topological polar surface area (TPSA) is 122 Å². The molecule has 158 valence electrons. The molecule has 10 nitrogen and oxygen atoms in total. The molecule has 1 aromatic carbocycles. The van der Waals surface area contributed by atoms with Crippen LogP contribution < -0.4 is 4.90 Å². The summed E-state index contributed by atoms with van der Waals surface area (Å²) in [5.41, 5.74) is 1.21. The van der Waals surface area contributed by atoms with Gasteiger partial charge in [-0.15, -0.1) is 0 Å². The summed E-state index contributed by atoms with van der Waals surface area (Å²) in [7, 11) is -1.46. The molecule has 1 N–H and O–H groups in total. The molecule has 0 bridgehead atoms. The van der Waals surface area contributed by atoms with Crippen molar-refractivity contribution in [2.24, 2.45) is 0 Å². The molecule has 4 rings (SSSR count). The highest BCUT2D eigenvalue weighted by molar-refractivity contribution is 7.90.